The van der Waals surface area contributed by atoms with Gasteiger partial charge in [0.1, 0.15) is 0 Å². The van der Waals surface area contributed by atoms with Gasteiger partial charge in [-0.05, 0) is 24.5 Å². The Balaban J connectivity index is 2.01. The molecule has 0 amide bonds. The van der Waals surface area contributed by atoms with E-state index in [2.05, 4.69) is 43.0 Å². The van der Waals surface area contributed by atoms with Gasteiger partial charge in [0.25, 0.3) is 0 Å². The minimum Gasteiger partial charge on any atom is -0.399 e. The summed E-state index contributed by atoms with van der Waals surface area (Å²) < 4.78 is 0. The Kier molecular flexibility index (Phi) is 3.46. The largest absolute Gasteiger partial charge is 0.399 e. The first kappa shape index (κ1) is 11.4. The molecule has 0 saturated heterocycles. The van der Waals surface area contributed by atoms with Crippen LogP contribution in [0.25, 0.3) is 0 Å². The summed E-state index contributed by atoms with van der Waals surface area (Å²) in [5.41, 5.74) is 13.2. The van der Waals surface area contributed by atoms with E-state index in [1.807, 2.05) is 0 Å². The molecule has 0 aromatic rings. The molecular weight excluding hydrogens is 212 g/mol. The highest BCUT2D eigenvalue weighted by Crippen LogP contribution is 2.28. The first-order valence-electron chi connectivity index (χ1n) is 5.94. The van der Waals surface area contributed by atoms with Crippen molar-refractivity contribution in [1.82, 2.24) is 0 Å². The van der Waals surface area contributed by atoms with Gasteiger partial charge < -0.3 is 11.5 Å². The normalized spacial score (nSPS) is 30.9. The number of hydrogen-bond acceptors (Lipinski definition) is 2. The van der Waals surface area contributed by atoms with Crippen LogP contribution in [0, 0.1) is 0 Å². The Morgan fingerprint density at radius 2 is 2.00 bits per heavy atom. The third-order valence-corrected chi connectivity index (χ3v) is 6.75. The summed E-state index contributed by atoms with van der Waals surface area (Å²) >= 11 is 0. The summed E-state index contributed by atoms with van der Waals surface area (Å²) in [6, 6.07) is 0.224. The molecule has 0 bridgehead atoms. The van der Waals surface area contributed by atoms with Gasteiger partial charge in [-0.3, -0.25) is 0 Å². The minimum atomic E-state index is -0.888. The van der Waals surface area contributed by atoms with Gasteiger partial charge in [0.15, 0.2) is 0 Å². The van der Waals surface area contributed by atoms with Crippen LogP contribution < -0.4 is 11.5 Å². The van der Waals surface area contributed by atoms with Gasteiger partial charge in [-0.15, -0.1) is 0 Å². The summed E-state index contributed by atoms with van der Waals surface area (Å²) in [5.74, 6) is 0. The summed E-state index contributed by atoms with van der Waals surface area (Å²) in [6.07, 6.45) is 15.3. The summed E-state index contributed by atoms with van der Waals surface area (Å²) in [7, 11) is -0.888. The van der Waals surface area contributed by atoms with Crippen molar-refractivity contribution in [3.05, 3.63) is 47.3 Å². The Morgan fingerprint density at radius 3 is 2.56 bits per heavy atom. The van der Waals surface area contributed by atoms with Crippen LogP contribution in [0.15, 0.2) is 47.3 Å². The smallest absolute Gasteiger partial charge is 0.0744 e. The van der Waals surface area contributed by atoms with Gasteiger partial charge >= 0.3 is 0 Å². The highest BCUT2D eigenvalue weighted by molar-refractivity contribution is 6.68. The highest BCUT2D eigenvalue weighted by atomic mass is 28.3. The van der Waals surface area contributed by atoms with E-state index in [1.54, 1.807) is 5.20 Å². The monoisotopic (exact) mass is 232 g/mol. The lowest BCUT2D eigenvalue weighted by Gasteiger charge is -2.24. The molecule has 3 heteroatoms. The Morgan fingerprint density at radius 1 is 1.19 bits per heavy atom. The maximum Gasteiger partial charge on any atom is 0.0744 e. The molecule has 2 rings (SSSR count). The van der Waals surface area contributed by atoms with Crippen LogP contribution in [0.3, 0.4) is 0 Å². The molecule has 86 valence electrons. The van der Waals surface area contributed by atoms with Crippen LogP contribution in [0.2, 0.25) is 12.1 Å². The van der Waals surface area contributed by atoms with Gasteiger partial charge in [-0.25, -0.2) is 0 Å². The lowest BCUT2D eigenvalue weighted by molar-refractivity contribution is 0.822. The van der Waals surface area contributed by atoms with Gasteiger partial charge in [0, 0.05) is 11.7 Å². The van der Waals surface area contributed by atoms with Crippen molar-refractivity contribution >= 4 is 8.80 Å². The molecule has 2 nitrogen and oxygen atoms in total. The van der Waals surface area contributed by atoms with Crippen LogP contribution >= 0.6 is 0 Å². The fourth-order valence-corrected chi connectivity index (χ4v) is 4.67. The SMILES string of the molecule is C[SiH](C1=CCC(N)C=C1)C1C=CC(N)=CC1. The van der Waals surface area contributed by atoms with Crippen LogP contribution in [0.1, 0.15) is 12.8 Å². The molecule has 0 aromatic carbocycles. The zero-order valence-corrected chi connectivity index (χ0v) is 10.9. The topological polar surface area (TPSA) is 52.0 Å². The van der Waals surface area contributed by atoms with Crippen molar-refractivity contribution in [2.24, 2.45) is 11.5 Å². The molecule has 2 aliphatic rings. The third kappa shape index (κ3) is 2.54. The average Bonchev–Trinajstić information content (AvgIpc) is 2.30. The predicted molar refractivity (Wildman–Crippen MR) is 72.6 cm³/mol. The fourth-order valence-electron chi connectivity index (χ4n) is 2.26. The molecule has 4 N–H and O–H groups in total. The van der Waals surface area contributed by atoms with E-state index < -0.39 is 8.80 Å². The summed E-state index contributed by atoms with van der Waals surface area (Å²) in [5, 5.41) is 1.55. The molecule has 3 atom stereocenters. The molecule has 0 heterocycles. The molecular formula is C13H20N2Si. The van der Waals surface area contributed by atoms with E-state index in [9.17, 15) is 0 Å². The van der Waals surface area contributed by atoms with Crippen LogP contribution in [0.5, 0.6) is 0 Å². The Hall–Kier alpha value is -1.06. The van der Waals surface area contributed by atoms with Crippen LogP contribution in [-0.2, 0) is 0 Å². The molecule has 2 aliphatic carbocycles. The number of rotatable bonds is 2. The second kappa shape index (κ2) is 4.85. The van der Waals surface area contributed by atoms with Gasteiger partial charge in [-0.1, -0.05) is 42.1 Å². The zero-order valence-electron chi connectivity index (χ0n) is 9.77. The average molecular weight is 232 g/mol. The second-order valence-corrected chi connectivity index (χ2v) is 7.81. The van der Waals surface area contributed by atoms with Crippen molar-refractivity contribution in [3.8, 4) is 0 Å². The molecule has 0 fully saturated rings. The molecule has 16 heavy (non-hydrogen) atoms. The number of allylic oxidation sites excluding steroid dienone is 5. The standard InChI is InChI=1S/C13H20N2Si/c1-16(12-6-2-10(14)3-7-12)13-8-4-11(15)5-9-13/h2-4,6,8-9,11-12,16H,5,7,14-15H2,1H3. The van der Waals surface area contributed by atoms with Gasteiger partial charge in [0.05, 0.1) is 8.80 Å². The van der Waals surface area contributed by atoms with E-state index in [1.165, 1.54) is 0 Å². The van der Waals surface area contributed by atoms with Crippen LogP contribution in [-0.4, -0.2) is 14.8 Å². The Bertz CT molecular complexity index is 379. The van der Waals surface area contributed by atoms with Gasteiger partial charge in [0.2, 0.25) is 0 Å². The lowest BCUT2D eigenvalue weighted by atomic mass is 10.1. The zero-order chi connectivity index (χ0) is 11.5. The highest BCUT2D eigenvalue weighted by Gasteiger charge is 2.21. The maximum absolute atomic E-state index is 5.84. The van der Waals surface area contributed by atoms with E-state index in [-0.39, 0.29) is 6.04 Å². The molecule has 0 aromatic heterocycles. The Labute approximate surface area is 99.0 Å². The maximum atomic E-state index is 5.84. The fraction of sp³-hybridized carbons (Fsp3) is 0.385. The van der Waals surface area contributed by atoms with Crippen molar-refractivity contribution in [2.45, 2.75) is 31.0 Å². The van der Waals surface area contributed by atoms with Gasteiger partial charge in [-0.2, -0.15) is 0 Å². The first-order valence-corrected chi connectivity index (χ1v) is 8.34. The van der Waals surface area contributed by atoms with Crippen molar-refractivity contribution in [2.75, 3.05) is 0 Å². The van der Waals surface area contributed by atoms with Crippen LogP contribution in [0.4, 0.5) is 0 Å². The van der Waals surface area contributed by atoms with E-state index in [0.29, 0.717) is 5.54 Å². The summed E-state index contributed by atoms with van der Waals surface area (Å²) in [6.45, 7) is 2.41. The van der Waals surface area contributed by atoms with E-state index >= 15 is 0 Å². The molecule has 0 aliphatic heterocycles. The quantitative estimate of drug-likeness (QED) is 0.713. The van der Waals surface area contributed by atoms with E-state index in [0.717, 1.165) is 18.5 Å². The predicted octanol–water partition coefficient (Wildman–Crippen LogP) is 1.77. The van der Waals surface area contributed by atoms with E-state index in [4.69, 9.17) is 11.5 Å². The lowest BCUT2D eigenvalue weighted by Crippen LogP contribution is -2.24. The molecule has 3 unspecified atom stereocenters. The number of nitrogens with two attached hydrogens (primary N) is 2. The van der Waals surface area contributed by atoms with Crippen molar-refractivity contribution in [3.63, 3.8) is 0 Å². The second-order valence-electron chi connectivity index (χ2n) is 4.71. The first-order chi connectivity index (χ1) is 7.66. The number of hydrogen-bond donors (Lipinski definition) is 2. The molecule has 0 radical (unpaired) electrons. The minimum absolute atomic E-state index is 0.224. The van der Waals surface area contributed by atoms with Crippen molar-refractivity contribution in [1.29, 1.82) is 0 Å². The molecule has 0 spiro atoms. The summed E-state index contributed by atoms with van der Waals surface area (Å²) in [4.78, 5) is 0. The molecule has 0 saturated carbocycles. The van der Waals surface area contributed by atoms with Crippen molar-refractivity contribution < 1.29 is 0 Å². The third-order valence-electron chi connectivity index (χ3n) is 3.49.